The number of hydrogen-bond acceptors (Lipinski definition) is 3. The van der Waals surface area contributed by atoms with Crippen LogP contribution in [0.3, 0.4) is 0 Å². The Labute approximate surface area is 168 Å². The molecule has 6 heteroatoms. The molecule has 1 aliphatic rings. The Morgan fingerprint density at radius 2 is 1.97 bits per heavy atom. The number of nitrogens with one attached hydrogen (secondary N) is 1. The molecule has 150 valence electrons. The monoisotopic (exact) mass is 394 g/mol. The molecule has 2 heterocycles. The zero-order valence-electron chi connectivity index (χ0n) is 16.3. The fraction of sp³-hybridized carbons (Fsp3) is 0.304. The molecule has 5 nitrogen and oxygen atoms in total. The van der Waals surface area contributed by atoms with Crippen molar-refractivity contribution in [3.63, 3.8) is 0 Å². The second-order valence-electron chi connectivity index (χ2n) is 7.41. The zero-order valence-corrected chi connectivity index (χ0v) is 16.3. The Bertz CT molecular complexity index is 1110. The van der Waals surface area contributed by atoms with E-state index in [0.717, 1.165) is 25.0 Å². The van der Waals surface area contributed by atoms with Crippen molar-refractivity contribution < 1.29 is 13.9 Å². The van der Waals surface area contributed by atoms with Gasteiger partial charge in [0.25, 0.3) is 5.91 Å². The Kier molecular flexibility index (Phi) is 5.34. The summed E-state index contributed by atoms with van der Waals surface area (Å²) in [4.78, 5) is 28.7. The maximum Gasteiger partial charge on any atom is 0.253 e. The number of carbonyl (C=O) groups is 1. The number of ether oxygens (including phenoxy) is 1. The minimum Gasteiger partial charge on any atom is -0.496 e. The van der Waals surface area contributed by atoms with Gasteiger partial charge in [-0.1, -0.05) is 18.2 Å². The van der Waals surface area contributed by atoms with Gasteiger partial charge in [-0.2, -0.15) is 0 Å². The number of nitrogens with zero attached hydrogens (tertiary/aromatic N) is 1. The van der Waals surface area contributed by atoms with Gasteiger partial charge in [0, 0.05) is 30.1 Å². The Hall–Kier alpha value is -3.15. The van der Waals surface area contributed by atoms with E-state index in [9.17, 15) is 14.0 Å². The van der Waals surface area contributed by atoms with Gasteiger partial charge in [-0.25, -0.2) is 4.39 Å². The molecule has 1 atom stereocenters. The van der Waals surface area contributed by atoms with Crippen LogP contribution in [0.1, 0.15) is 41.1 Å². The van der Waals surface area contributed by atoms with Crippen molar-refractivity contribution in [2.24, 2.45) is 0 Å². The first-order valence-electron chi connectivity index (χ1n) is 9.81. The SMILES string of the molecule is COc1ccccc1C1CCCN(C(=O)c2cc(F)c3[nH]c(=O)ccc3c2)CC1. The fourth-order valence-electron chi connectivity index (χ4n) is 4.14. The quantitative estimate of drug-likeness (QED) is 0.728. The third-order valence-electron chi connectivity index (χ3n) is 5.62. The number of amides is 1. The van der Waals surface area contributed by atoms with E-state index in [1.807, 2.05) is 18.2 Å². The summed E-state index contributed by atoms with van der Waals surface area (Å²) in [5.74, 6) is 0.424. The van der Waals surface area contributed by atoms with Crippen molar-refractivity contribution in [3.8, 4) is 5.75 Å². The smallest absolute Gasteiger partial charge is 0.253 e. The van der Waals surface area contributed by atoms with Gasteiger partial charge in [-0.15, -0.1) is 0 Å². The van der Waals surface area contributed by atoms with Gasteiger partial charge in [0.1, 0.15) is 11.6 Å². The number of rotatable bonds is 3. The largest absolute Gasteiger partial charge is 0.496 e. The first kappa shape index (κ1) is 19.2. The number of H-pyrrole nitrogens is 1. The standard InChI is InChI=1S/C23H23FN2O3/c1-29-20-7-3-2-6-18(20)15-5-4-11-26(12-10-15)23(28)17-13-16-8-9-21(27)25-22(16)19(24)14-17/h2-3,6-9,13-15H,4-5,10-12H2,1H3,(H,25,27). The van der Waals surface area contributed by atoms with Crippen LogP contribution in [0.5, 0.6) is 5.75 Å². The molecule has 29 heavy (non-hydrogen) atoms. The molecule has 4 rings (SSSR count). The highest BCUT2D eigenvalue weighted by atomic mass is 19.1. The van der Waals surface area contributed by atoms with Crippen LogP contribution in [-0.4, -0.2) is 36.0 Å². The molecule has 1 unspecified atom stereocenters. The maximum atomic E-state index is 14.4. The van der Waals surface area contributed by atoms with Crippen LogP contribution in [-0.2, 0) is 0 Å². The van der Waals surface area contributed by atoms with Crippen molar-refractivity contribution in [2.75, 3.05) is 20.2 Å². The molecule has 1 aromatic heterocycles. The summed E-state index contributed by atoms with van der Waals surface area (Å²) < 4.78 is 19.9. The van der Waals surface area contributed by atoms with Gasteiger partial charge >= 0.3 is 0 Å². The lowest BCUT2D eigenvalue weighted by atomic mass is 9.91. The van der Waals surface area contributed by atoms with Crippen molar-refractivity contribution >= 4 is 16.8 Å². The predicted octanol–water partition coefficient (Wildman–Crippen LogP) is 4.09. The number of methoxy groups -OCH3 is 1. The Morgan fingerprint density at radius 3 is 2.79 bits per heavy atom. The molecular formula is C23H23FN2O3. The minimum atomic E-state index is -0.592. The summed E-state index contributed by atoms with van der Waals surface area (Å²) in [6, 6.07) is 13.7. The average Bonchev–Trinajstić information content (AvgIpc) is 2.99. The van der Waals surface area contributed by atoms with Gasteiger partial charge in [-0.3, -0.25) is 9.59 Å². The van der Waals surface area contributed by atoms with E-state index in [1.165, 1.54) is 23.8 Å². The molecule has 2 aromatic carbocycles. The Balaban J connectivity index is 1.55. The van der Waals surface area contributed by atoms with Crippen molar-refractivity contribution in [3.05, 3.63) is 75.8 Å². The van der Waals surface area contributed by atoms with Crippen LogP contribution in [0, 0.1) is 5.82 Å². The highest BCUT2D eigenvalue weighted by Crippen LogP contribution is 2.34. The van der Waals surface area contributed by atoms with E-state index in [0.29, 0.717) is 30.0 Å². The lowest BCUT2D eigenvalue weighted by molar-refractivity contribution is 0.0761. The molecule has 1 saturated heterocycles. The number of fused-ring (bicyclic) bond motifs is 1. The summed E-state index contributed by atoms with van der Waals surface area (Å²) >= 11 is 0. The van der Waals surface area contributed by atoms with Crippen molar-refractivity contribution in [1.29, 1.82) is 0 Å². The molecule has 0 bridgehead atoms. The predicted molar refractivity (Wildman–Crippen MR) is 110 cm³/mol. The van der Waals surface area contributed by atoms with E-state index in [-0.39, 0.29) is 17.0 Å². The van der Waals surface area contributed by atoms with Crippen molar-refractivity contribution in [1.82, 2.24) is 9.88 Å². The van der Waals surface area contributed by atoms with E-state index < -0.39 is 5.82 Å². The number of hydrogen-bond donors (Lipinski definition) is 1. The molecule has 1 fully saturated rings. The van der Waals surface area contributed by atoms with Crippen LogP contribution in [0.4, 0.5) is 4.39 Å². The second kappa shape index (κ2) is 8.07. The molecule has 1 N–H and O–H groups in total. The number of benzene rings is 2. The summed E-state index contributed by atoms with van der Waals surface area (Å²) in [5, 5.41) is 0.509. The van der Waals surface area contributed by atoms with Crippen molar-refractivity contribution in [2.45, 2.75) is 25.2 Å². The number of carbonyl (C=O) groups excluding carboxylic acids is 1. The van der Waals surface area contributed by atoms with Gasteiger partial charge in [0.2, 0.25) is 5.56 Å². The number of aromatic nitrogens is 1. The van der Waals surface area contributed by atoms with Gasteiger partial charge in [0.15, 0.2) is 0 Å². The molecule has 1 amide bonds. The topological polar surface area (TPSA) is 62.4 Å². The summed E-state index contributed by atoms with van der Waals surface area (Å²) in [7, 11) is 1.67. The van der Waals surface area contributed by atoms with E-state index in [1.54, 1.807) is 18.1 Å². The molecule has 0 saturated carbocycles. The third-order valence-corrected chi connectivity index (χ3v) is 5.62. The first-order chi connectivity index (χ1) is 14.1. The number of aromatic amines is 1. The van der Waals surface area contributed by atoms with Crippen LogP contribution in [0.15, 0.2) is 53.3 Å². The Morgan fingerprint density at radius 1 is 1.14 bits per heavy atom. The highest BCUT2D eigenvalue weighted by molar-refractivity contribution is 5.98. The molecule has 0 radical (unpaired) electrons. The van der Waals surface area contributed by atoms with Crippen LogP contribution in [0.25, 0.3) is 10.9 Å². The second-order valence-corrected chi connectivity index (χ2v) is 7.41. The molecule has 1 aliphatic heterocycles. The van der Waals surface area contributed by atoms with Crippen LogP contribution >= 0.6 is 0 Å². The first-order valence-corrected chi connectivity index (χ1v) is 9.81. The minimum absolute atomic E-state index is 0.126. The third kappa shape index (κ3) is 3.88. The van der Waals surface area contributed by atoms with Gasteiger partial charge in [-0.05, 0) is 55.0 Å². The lowest BCUT2D eigenvalue weighted by Gasteiger charge is -2.21. The van der Waals surface area contributed by atoms with Gasteiger partial charge in [0.05, 0.1) is 12.6 Å². The van der Waals surface area contributed by atoms with E-state index in [4.69, 9.17) is 4.74 Å². The summed E-state index contributed by atoms with van der Waals surface area (Å²) in [5.41, 5.74) is 1.23. The molecular weight excluding hydrogens is 371 g/mol. The molecule has 0 spiro atoms. The maximum absolute atomic E-state index is 14.4. The number of pyridine rings is 1. The summed E-state index contributed by atoms with van der Waals surface area (Å²) in [6.45, 7) is 1.24. The van der Waals surface area contributed by atoms with Crippen LogP contribution < -0.4 is 10.3 Å². The average molecular weight is 394 g/mol. The van der Waals surface area contributed by atoms with Gasteiger partial charge < -0.3 is 14.6 Å². The highest BCUT2D eigenvalue weighted by Gasteiger charge is 2.24. The van der Waals surface area contributed by atoms with E-state index >= 15 is 0 Å². The van der Waals surface area contributed by atoms with E-state index in [2.05, 4.69) is 11.1 Å². The zero-order chi connectivity index (χ0) is 20.4. The molecule has 0 aliphatic carbocycles. The fourth-order valence-corrected chi connectivity index (χ4v) is 4.14. The normalized spacial score (nSPS) is 17.2. The summed E-state index contributed by atoms with van der Waals surface area (Å²) in [6.07, 6.45) is 2.67. The van der Waals surface area contributed by atoms with Crippen LogP contribution in [0.2, 0.25) is 0 Å². The lowest BCUT2D eigenvalue weighted by Crippen LogP contribution is -2.32. The molecule has 3 aromatic rings. The number of para-hydroxylation sites is 1. The number of likely N-dealkylation sites (tertiary alicyclic amines) is 1. The number of halogens is 1.